The van der Waals surface area contributed by atoms with E-state index in [1.807, 2.05) is 28.8 Å². The minimum absolute atomic E-state index is 0.0477. The number of carbonyl (C=O) groups excluding carboxylic acids is 1. The van der Waals surface area contributed by atoms with Crippen LogP contribution in [0.2, 0.25) is 0 Å². The topological polar surface area (TPSA) is 43.8 Å². The van der Waals surface area contributed by atoms with Crippen molar-refractivity contribution in [3.8, 4) is 0 Å². The summed E-state index contributed by atoms with van der Waals surface area (Å²) in [5.74, 6) is 1.95. The van der Waals surface area contributed by atoms with Crippen LogP contribution in [0.15, 0.2) is 53.4 Å². The molecule has 2 aliphatic heterocycles. The number of amides is 1. The average molecular weight is 425 g/mol. The molecule has 160 valence electrons. The van der Waals surface area contributed by atoms with Gasteiger partial charge in [0, 0.05) is 36.7 Å². The number of benzene rings is 2. The first-order chi connectivity index (χ1) is 14.7. The van der Waals surface area contributed by atoms with Gasteiger partial charge in [0.2, 0.25) is 5.91 Å². The molecule has 4 rings (SSSR count). The molecule has 5 heteroatoms. The van der Waals surface area contributed by atoms with E-state index in [9.17, 15) is 9.90 Å². The monoisotopic (exact) mass is 424 g/mol. The standard InChI is InChI=1S/C25H32N2O2S/c28-19-22-6-7-24-23(17-22)18-27(14-15-30-24)25(29)10-13-26-11-8-21(9-12-26)16-20-4-2-1-3-5-20/h1-7,17,21,28H,8-16,18-19H2. The fourth-order valence-electron chi connectivity index (χ4n) is 4.53. The predicted octanol–water partition coefficient (Wildman–Crippen LogP) is 3.96. The Morgan fingerprint density at radius 2 is 1.83 bits per heavy atom. The summed E-state index contributed by atoms with van der Waals surface area (Å²) < 4.78 is 0. The fraction of sp³-hybridized carbons (Fsp3) is 0.480. The number of hydrogen-bond donors (Lipinski definition) is 1. The van der Waals surface area contributed by atoms with E-state index in [1.54, 1.807) is 0 Å². The highest BCUT2D eigenvalue weighted by atomic mass is 32.2. The van der Waals surface area contributed by atoms with Gasteiger partial charge >= 0.3 is 0 Å². The number of nitrogens with zero attached hydrogens (tertiary/aromatic N) is 2. The van der Waals surface area contributed by atoms with Crippen molar-refractivity contribution in [3.63, 3.8) is 0 Å². The highest BCUT2D eigenvalue weighted by molar-refractivity contribution is 7.99. The van der Waals surface area contributed by atoms with Gasteiger partial charge in [-0.2, -0.15) is 0 Å². The minimum Gasteiger partial charge on any atom is -0.392 e. The zero-order chi connectivity index (χ0) is 20.8. The van der Waals surface area contributed by atoms with Crippen LogP contribution in [0.5, 0.6) is 0 Å². The molecule has 1 saturated heterocycles. The van der Waals surface area contributed by atoms with Crippen LogP contribution >= 0.6 is 11.8 Å². The zero-order valence-corrected chi connectivity index (χ0v) is 18.4. The van der Waals surface area contributed by atoms with Crippen LogP contribution in [0.25, 0.3) is 0 Å². The molecule has 1 amide bonds. The van der Waals surface area contributed by atoms with E-state index in [4.69, 9.17) is 0 Å². The van der Waals surface area contributed by atoms with E-state index in [0.29, 0.717) is 13.0 Å². The Morgan fingerprint density at radius 1 is 1.03 bits per heavy atom. The van der Waals surface area contributed by atoms with Gasteiger partial charge < -0.3 is 14.9 Å². The first-order valence-corrected chi connectivity index (χ1v) is 12.1. The van der Waals surface area contributed by atoms with E-state index in [0.717, 1.165) is 43.4 Å². The first-order valence-electron chi connectivity index (χ1n) is 11.1. The summed E-state index contributed by atoms with van der Waals surface area (Å²) in [6.45, 7) is 4.57. The lowest BCUT2D eigenvalue weighted by Gasteiger charge is -2.32. The van der Waals surface area contributed by atoms with Gasteiger partial charge in [0.15, 0.2) is 0 Å². The lowest BCUT2D eigenvalue weighted by molar-refractivity contribution is -0.132. The number of aliphatic hydroxyl groups is 1. The Labute approximate surface area is 184 Å². The van der Waals surface area contributed by atoms with E-state index in [1.165, 1.54) is 35.3 Å². The minimum atomic E-state index is 0.0477. The molecule has 2 heterocycles. The van der Waals surface area contributed by atoms with Gasteiger partial charge in [0.25, 0.3) is 0 Å². The van der Waals surface area contributed by atoms with Gasteiger partial charge in [-0.25, -0.2) is 0 Å². The summed E-state index contributed by atoms with van der Waals surface area (Å²) in [6.07, 6.45) is 4.22. The smallest absolute Gasteiger partial charge is 0.224 e. The second kappa shape index (κ2) is 10.5. The molecule has 1 fully saturated rings. The van der Waals surface area contributed by atoms with Gasteiger partial charge in [-0.05, 0) is 61.0 Å². The Bertz CT molecular complexity index is 834. The largest absolute Gasteiger partial charge is 0.392 e. The molecular weight excluding hydrogens is 392 g/mol. The molecule has 0 radical (unpaired) electrons. The number of carbonyl (C=O) groups is 1. The summed E-state index contributed by atoms with van der Waals surface area (Å²) in [4.78, 5) is 18.6. The number of thioether (sulfide) groups is 1. The SMILES string of the molecule is O=C(CCN1CCC(Cc2ccccc2)CC1)N1CCSc2ccc(CO)cc2C1. The number of aliphatic hydroxyl groups excluding tert-OH is 1. The third-order valence-corrected chi connectivity index (χ3v) is 7.45. The molecule has 2 aliphatic rings. The highest BCUT2D eigenvalue weighted by Gasteiger charge is 2.23. The van der Waals surface area contributed by atoms with Crippen LogP contribution in [0, 0.1) is 5.92 Å². The number of rotatable bonds is 6. The lowest BCUT2D eigenvalue weighted by Crippen LogP contribution is -2.38. The molecule has 0 spiro atoms. The summed E-state index contributed by atoms with van der Waals surface area (Å²) in [5.41, 5.74) is 3.52. The summed E-state index contributed by atoms with van der Waals surface area (Å²) in [5, 5.41) is 9.42. The van der Waals surface area contributed by atoms with Crippen LogP contribution in [-0.4, -0.2) is 52.7 Å². The van der Waals surface area contributed by atoms with Gasteiger partial charge in [0.1, 0.15) is 0 Å². The van der Waals surface area contributed by atoms with Crippen molar-refractivity contribution in [3.05, 3.63) is 65.2 Å². The number of fused-ring (bicyclic) bond motifs is 1. The molecule has 30 heavy (non-hydrogen) atoms. The Balaban J connectivity index is 1.24. The molecule has 0 unspecified atom stereocenters. The zero-order valence-electron chi connectivity index (χ0n) is 17.6. The van der Waals surface area contributed by atoms with Gasteiger partial charge in [-0.1, -0.05) is 42.5 Å². The number of hydrogen-bond acceptors (Lipinski definition) is 4. The van der Waals surface area contributed by atoms with Crippen LogP contribution in [0.3, 0.4) is 0 Å². The van der Waals surface area contributed by atoms with E-state index >= 15 is 0 Å². The predicted molar refractivity (Wildman–Crippen MR) is 122 cm³/mol. The van der Waals surface area contributed by atoms with Crippen LogP contribution in [0.4, 0.5) is 0 Å². The lowest BCUT2D eigenvalue weighted by atomic mass is 9.90. The van der Waals surface area contributed by atoms with Crippen molar-refractivity contribution >= 4 is 17.7 Å². The summed E-state index contributed by atoms with van der Waals surface area (Å²) in [6, 6.07) is 16.9. The highest BCUT2D eigenvalue weighted by Crippen LogP contribution is 2.29. The number of piperidine rings is 1. The Morgan fingerprint density at radius 3 is 2.60 bits per heavy atom. The average Bonchev–Trinajstić information content (AvgIpc) is 3.01. The van der Waals surface area contributed by atoms with Crippen LogP contribution in [-0.2, 0) is 24.4 Å². The Kier molecular flexibility index (Phi) is 7.47. The third-order valence-electron chi connectivity index (χ3n) is 6.36. The molecule has 1 N–H and O–H groups in total. The fourth-order valence-corrected chi connectivity index (χ4v) is 5.54. The maximum absolute atomic E-state index is 12.9. The van der Waals surface area contributed by atoms with Crippen molar-refractivity contribution < 1.29 is 9.90 Å². The molecule has 0 atom stereocenters. The Hall–Kier alpha value is -1.82. The summed E-state index contributed by atoms with van der Waals surface area (Å²) >= 11 is 1.81. The van der Waals surface area contributed by atoms with Crippen molar-refractivity contribution in [1.82, 2.24) is 9.80 Å². The quantitative estimate of drug-likeness (QED) is 0.762. The van der Waals surface area contributed by atoms with Crippen molar-refractivity contribution in [2.24, 2.45) is 5.92 Å². The van der Waals surface area contributed by atoms with Crippen LogP contribution < -0.4 is 0 Å². The molecule has 0 bridgehead atoms. The molecule has 0 saturated carbocycles. The second-order valence-electron chi connectivity index (χ2n) is 8.49. The maximum Gasteiger partial charge on any atom is 0.224 e. The van der Waals surface area contributed by atoms with Crippen molar-refractivity contribution in [1.29, 1.82) is 0 Å². The van der Waals surface area contributed by atoms with Gasteiger partial charge in [-0.3, -0.25) is 4.79 Å². The molecule has 4 nitrogen and oxygen atoms in total. The second-order valence-corrected chi connectivity index (χ2v) is 9.63. The first kappa shape index (κ1) is 21.4. The van der Waals surface area contributed by atoms with Crippen molar-refractivity contribution in [2.75, 3.05) is 31.9 Å². The van der Waals surface area contributed by atoms with Gasteiger partial charge in [0.05, 0.1) is 6.61 Å². The third kappa shape index (κ3) is 5.65. The normalized spacial score (nSPS) is 18.1. The van der Waals surface area contributed by atoms with E-state index in [2.05, 4.69) is 41.3 Å². The molecule has 2 aromatic carbocycles. The van der Waals surface area contributed by atoms with E-state index < -0.39 is 0 Å². The van der Waals surface area contributed by atoms with E-state index in [-0.39, 0.29) is 12.5 Å². The van der Waals surface area contributed by atoms with Crippen LogP contribution in [0.1, 0.15) is 36.0 Å². The summed E-state index contributed by atoms with van der Waals surface area (Å²) in [7, 11) is 0. The maximum atomic E-state index is 12.9. The molecular formula is C25H32N2O2S. The number of likely N-dealkylation sites (tertiary alicyclic amines) is 1. The molecule has 0 aromatic heterocycles. The van der Waals surface area contributed by atoms with Crippen molar-refractivity contribution in [2.45, 2.75) is 43.7 Å². The van der Waals surface area contributed by atoms with Gasteiger partial charge in [-0.15, -0.1) is 11.8 Å². The molecule has 2 aromatic rings. The molecule has 0 aliphatic carbocycles.